The first-order chi connectivity index (χ1) is 8.86. The highest BCUT2D eigenvalue weighted by molar-refractivity contribution is 5.96. The Morgan fingerprint density at radius 1 is 1.42 bits per heavy atom. The van der Waals surface area contributed by atoms with E-state index in [0.717, 1.165) is 5.56 Å². The van der Waals surface area contributed by atoms with Gasteiger partial charge in [-0.1, -0.05) is 13.0 Å². The second-order valence-electron chi connectivity index (χ2n) is 4.57. The number of carbonyl (C=O) groups excluding carboxylic acids is 1. The molecule has 1 atom stereocenters. The van der Waals surface area contributed by atoms with Gasteiger partial charge in [-0.3, -0.25) is 9.59 Å². The zero-order valence-corrected chi connectivity index (χ0v) is 11.6. The zero-order valence-electron chi connectivity index (χ0n) is 11.6. The fraction of sp³-hybridized carbons (Fsp3) is 0.429. The summed E-state index contributed by atoms with van der Waals surface area (Å²) in [6.07, 6.45) is -0.0388. The zero-order chi connectivity index (χ0) is 14.6. The summed E-state index contributed by atoms with van der Waals surface area (Å²) in [6, 6.07) is 5.51. The lowest BCUT2D eigenvalue weighted by Crippen LogP contribution is -2.29. The van der Waals surface area contributed by atoms with E-state index in [1.165, 1.54) is 18.9 Å². The summed E-state index contributed by atoms with van der Waals surface area (Å²) in [5, 5.41) is 8.83. The number of carboxylic acid groups (broad SMARTS) is 1. The standard InChI is InChI=1S/C14H19NO4/c1-9-5-6-12(19-4)11(7-9)15(3)13(16)8-10(2)14(17)18/h5-7,10H,8H2,1-4H3,(H,17,18). The molecule has 0 aliphatic carbocycles. The van der Waals surface area contributed by atoms with E-state index >= 15 is 0 Å². The van der Waals surface area contributed by atoms with Crippen LogP contribution in [0.1, 0.15) is 18.9 Å². The molecule has 1 aromatic carbocycles. The minimum atomic E-state index is -0.974. The molecular weight excluding hydrogens is 246 g/mol. The minimum absolute atomic E-state index is 0.0388. The van der Waals surface area contributed by atoms with E-state index in [1.807, 2.05) is 19.1 Å². The summed E-state index contributed by atoms with van der Waals surface area (Å²) in [7, 11) is 3.15. The molecule has 1 unspecified atom stereocenters. The maximum absolute atomic E-state index is 12.0. The van der Waals surface area contributed by atoms with Gasteiger partial charge in [-0.25, -0.2) is 0 Å². The van der Waals surface area contributed by atoms with Gasteiger partial charge in [0.1, 0.15) is 5.75 Å². The van der Waals surface area contributed by atoms with Crippen LogP contribution in [0.4, 0.5) is 5.69 Å². The van der Waals surface area contributed by atoms with Gasteiger partial charge in [0.25, 0.3) is 0 Å². The third-order valence-electron chi connectivity index (χ3n) is 2.97. The van der Waals surface area contributed by atoms with Crippen molar-refractivity contribution >= 4 is 17.6 Å². The van der Waals surface area contributed by atoms with Crippen LogP contribution in [0.2, 0.25) is 0 Å². The van der Waals surface area contributed by atoms with E-state index in [4.69, 9.17) is 9.84 Å². The molecule has 0 radical (unpaired) electrons. The number of aryl methyl sites for hydroxylation is 1. The van der Waals surface area contributed by atoms with Crippen molar-refractivity contribution in [3.8, 4) is 5.75 Å². The fourth-order valence-corrected chi connectivity index (χ4v) is 1.68. The van der Waals surface area contributed by atoms with Gasteiger partial charge in [0, 0.05) is 13.5 Å². The number of anilines is 1. The van der Waals surface area contributed by atoms with Crippen molar-refractivity contribution < 1.29 is 19.4 Å². The summed E-state index contributed by atoms with van der Waals surface area (Å²) in [5.41, 5.74) is 1.65. The van der Waals surface area contributed by atoms with Crippen LogP contribution in [0, 0.1) is 12.8 Å². The summed E-state index contributed by atoms with van der Waals surface area (Å²) in [6.45, 7) is 3.43. The monoisotopic (exact) mass is 265 g/mol. The maximum atomic E-state index is 12.0. The average molecular weight is 265 g/mol. The van der Waals surface area contributed by atoms with Crippen molar-refractivity contribution in [2.45, 2.75) is 20.3 Å². The number of ether oxygens (including phenoxy) is 1. The predicted octanol–water partition coefficient (Wildman–Crippen LogP) is 2.08. The van der Waals surface area contributed by atoms with Gasteiger partial charge in [-0.15, -0.1) is 0 Å². The van der Waals surface area contributed by atoms with Crippen molar-refractivity contribution in [1.29, 1.82) is 0 Å². The minimum Gasteiger partial charge on any atom is -0.495 e. The van der Waals surface area contributed by atoms with E-state index in [2.05, 4.69) is 0 Å². The van der Waals surface area contributed by atoms with E-state index in [1.54, 1.807) is 13.1 Å². The number of carbonyl (C=O) groups is 2. The lowest BCUT2D eigenvalue weighted by Gasteiger charge is -2.21. The molecule has 5 nitrogen and oxygen atoms in total. The molecule has 0 heterocycles. The normalized spacial score (nSPS) is 11.8. The molecule has 0 aliphatic heterocycles. The van der Waals surface area contributed by atoms with Crippen LogP contribution in [-0.4, -0.2) is 31.1 Å². The molecule has 0 aliphatic rings. The summed E-state index contributed by atoms with van der Waals surface area (Å²) < 4.78 is 5.21. The number of hydrogen-bond donors (Lipinski definition) is 1. The quantitative estimate of drug-likeness (QED) is 0.885. The Morgan fingerprint density at radius 2 is 2.05 bits per heavy atom. The average Bonchev–Trinajstić information content (AvgIpc) is 2.37. The lowest BCUT2D eigenvalue weighted by molar-refractivity contribution is -0.143. The van der Waals surface area contributed by atoms with Gasteiger partial charge in [0.05, 0.1) is 18.7 Å². The number of hydrogen-bond acceptors (Lipinski definition) is 3. The van der Waals surface area contributed by atoms with Crippen LogP contribution in [0.3, 0.4) is 0 Å². The number of aliphatic carboxylic acids is 1. The second-order valence-corrected chi connectivity index (χ2v) is 4.57. The van der Waals surface area contributed by atoms with Crippen molar-refractivity contribution in [2.24, 2.45) is 5.92 Å². The van der Waals surface area contributed by atoms with Gasteiger partial charge in [0.2, 0.25) is 5.91 Å². The molecule has 19 heavy (non-hydrogen) atoms. The molecular formula is C14H19NO4. The molecule has 0 spiro atoms. The smallest absolute Gasteiger partial charge is 0.306 e. The second kappa shape index (κ2) is 6.22. The maximum Gasteiger partial charge on any atom is 0.306 e. The highest BCUT2D eigenvalue weighted by Gasteiger charge is 2.21. The largest absolute Gasteiger partial charge is 0.495 e. The van der Waals surface area contributed by atoms with Crippen molar-refractivity contribution in [3.05, 3.63) is 23.8 Å². The number of carboxylic acids is 1. The summed E-state index contributed by atoms with van der Waals surface area (Å²) in [4.78, 5) is 24.3. The third-order valence-corrected chi connectivity index (χ3v) is 2.97. The Hall–Kier alpha value is -2.04. The molecule has 1 amide bonds. The molecule has 0 bridgehead atoms. The third kappa shape index (κ3) is 3.71. The number of methoxy groups -OCH3 is 1. The van der Waals surface area contributed by atoms with Gasteiger partial charge >= 0.3 is 5.97 Å². The Labute approximate surface area is 112 Å². The van der Waals surface area contributed by atoms with Crippen LogP contribution < -0.4 is 9.64 Å². The van der Waals surface area contributed by atoms with E-state index in [9.17, 15) is 9.59 Å². The molecule has 0 saturated carbocycles. The Balaban J connectivity index is 2.93. The highest BCUT2D eigenvalue weighted by Crippen LogP contribution is 2.29. The number of nitrogens with zero attached hydrogens (tertiary/aromatic N) is 1. The highest BCUT2D eigenvalue weighted by atomic mass is 16.5. The van der Waals surface area contributed by atoms with Gasteiger partial charge < -0.3 is 14.7 Å². The number of amides is 1. The van der Waals surface area contributed by atoms with Crippen LogP contribution in [0.15, 0.2) is 18.2 Å². The number of benzene rings is 1. The summed E-state index contributed by atoms with van der Waals surface area (Å²) in [5.74, 6) is -1.34. The topological polar surface area (TPSA) is 66.8 Å². The van der Waals surface area contributed by atoms with Crippen LogP contribution >= 0.6 is 0 Å². The SMILES string of the molecule is COc1ccc(C)cc1N(C)C(=O)CC(C)C(=O)O. The molecule has 5 heteroatoms. The Bertz CT molecular complexity index is 484. The van der Waals surface area contributed by atoms with Crippen LogP contribution in [0.25, 0.3) is 0 Å². The molecule has 1 N–H and O–H groups in total. The van der Waals surface area contributed by atoms with E-state index in [0.29, 0.717) is 11.4 Å². The summed E-state index contributed by atoms with van der Waals surface area (Å²) >= 11 is 0. The van der Waals surface area contributed by atoms with Gasteiger partial charge in [0.15, 0.2) is 0 Å². The molecule has 0 aromatic heterocycles. The molecule has 0 fully saturated rings. The van der Waals surface area contributed by atoms with Crippen molar-refractivity contribution in [1.82, 2.24) is 0 Å². The van der Waals surface area contributed by atoms with Crippen molar-refractivity contribution in [2.75, 3.05) is 19.1 Å². The van der Waals surface area contributed by atoms with E-state index in [-0.39, 0.29) is 12.3 Å². The van der Waals surface area contributed by atoms with Crippen LogP contribution in [0.5, 0.6) is 5.75 Å². The Kier molecular flexibility index (Phi) is 4.92. The molecule has 0 saturated heterocycles. The first-order valence-corrected chi connectivity index (χ1v) is 6.00. The van der Waals surface area contributed by atoms with Gasteiger partial charge in [-0.05, 0) is 24.6 Å². The predicted molar refractivity (Wildman–Crippen MR) is 72.6 cm³/mol. The lowest BCUT2D eigenvalue weighted by atomic mass is 10.1. The Morgan fingerprint density at radius 3 is 2.58 bits per heavy atom. The molecule has 104 valence electrons. The van der Waals surface area contributed by atoms with Crippen LogP contribution in [-0.2, 0) is 9.59 Å². The molecule has 1 aromatic rings. The first-order valence-electron chi connectivity index (χ1n) is 6.00. The molecule has 1 rings (SSSR count). The first kappa shape index (κ1) is 15.0. The number of rotatable bonds is 5. The van der Waals surface area contributed by atoms with E-state index < -0.39 is 11.9 Å². The fourth-order valence-electron chi connectivity index (χ4n) is 1.68. The van der Waals surface area contributed by atoms with Crippen molar-refractivity contribution in [3.63, 3.8) is 0 Å². The van der Waals surface area contributed by atoms with Gasteiger partial charge in [-0.2, -0.15) is 0 Å².